The van der Waals surface area contributed by atoms with Gasteiger partial charge in [0.2, 0.25) is 0 Å². The van der Waals surface area contributed by atoms with E-state index < -0.39 is 0 Å². The minimum Gasteiger partial charge on any atom is -0.487 e. The van der Waals surface area contributed by atoms with Crippen LogP contribution in [-0.2, 0) is 0 Å². The number of rotatable bonds is 2. The molecule has 0 aliphatic carbocycles. The molecule has 0 amide bonds. The highest BCUT2D eigenvalue weighted by Crippen LogP contribution is 2.38. The molecule has 0 radical (unpaired) electrons. The third-order valence-electron chi connectivity index (χ3n) is 3.78. The molecule has 1 fully saturated rings. The predicted molar refractivity (Wildman–Crippen MR) is 87.6 cm³/mol. The van der Waals surface area contributed by atoms with E-state index in [0.717, 1.165) is 48.9 Å². The zero-order valence-corrected chi connectivity index (χ0v) is 13.5. The Morgan fingerprint density at radius 2 is 2.05 bits per heavy atom. The van der Waals surface area contributed by atoms with Crippen LogP contribution in [0.1, 0.15) is 25.0 Å². The van der Waals surface area contributed by atoms with Crippen molar-refractivity contribution in [2.75, 3.05) is 13.1 Å². The van der Waals surface area contributed by atoms with Crippen LogP contribution in [0.3, 0.4) is 0 Å². The van der Waals surface area contributed by atoms with Crippen LogP contribution in [0, 0.1) is 6.92 Å². The second-order valence-corrected chi connectivity index (χ2v) is 6.25. The first kappa shape index (κ1) is 14.9. The Morgan fingerprint density at radius 3 is 2.90 bits per heavy atom. The van der Waals surface area contributed by atoms with Crippen molar-refractivity contribution in [3.05, 3.63) is 33.9 Å². The number of fused-ring (bicyclic) bond motifs is 1. The lowest BCUT2D eigenvalue weighted by molar-refractivity contribution is 0.190. The summed E-state index contributed by atoms with van der Waals surface area (Å²) in [6.07, 6.45) is 3.29. The molecule has 0 bridgehead atoms. The molecule has 1 aromatic heterocycles. The van der Waals surface area contributed by atoms with Gasteiger partial charge in [-0.2, -0.15) is 0 Å². The average Bonchev–Trinajstić information content (AvgIpc) is 2.71. The summed E-state index contributed by atoms with van der Waals surface area (Å²) in [7, 11) is 0. The van der Waals surface area contributed by atoms with Gasteiger partial charge < -0.3 is 10.1 Å². The second-order valence-electron chi connectivity index (χ2n) is 5.44. The Kier molecular flexibility index (Phi) is 4.53. The molecular weight excluding hydrogens is 307 g/mol. The summed E-state index contributed by atoms with van der Waals surface area (Å²) < 4.78 is 6.20. The third kappa shape index (κ3) is 3.25. The van der Waals surface area contributed by atoms with Gasteiger partial charge in [0.25, 0.3) is 0 Å². The fraction of sp³-hybridized carbons (Fsp3) is 0.438. The van der Waals surface area contributed by atoms with Gasteiger partial charge in [0, 0.05) is 11.1 Å². The zero-order valence-electron chi connectivity index (χ0n) is 12.0. The highest BCUT2D eigenvalue weighted by molar-refractivity contribution is 6.39. The summed E-state index contributed by atoms with van der Waals surface area (Å²) in [6, 6.07) is 5.66. The van der Waals surface area contributed by atoms with E-state index in [4.69, 9.17) is 27.9 Å². The summed E-state index contributed by atoms with van der Waals surface area (Å²) in [6.45, 7) is 3.97. The van der Waals surface area contributed by atoms with Crippen LogP contribution in [0.4, 0.5) is 0 Å². The normalized spacial score (nSPS) is 19.5. The van der Waals surface area contributed by atoms with Gasteiger partial charge in [-0.1, -0.05) is 23.2 Å². The van der Waals surface area contributed by atoms with E-state index in [9.17, 15) is 0 Å². The molecule has 0 spiro atoms. The maximum Gasteiger partial charge on any atom is 0.164 e. The lowest BCUT2D eigenvalue weighted by Gasteiger charge is -2.19. The number of hydrogen-bond acceptors (Lipinski definition) is 3. The van der Waals surface area contributed by atoms with Crippen molar-refractivity contribution in [3.63, 3.8) is 0 Å². The number of hydrogen-bond donors (Lipinski definition) is 1. The number of ether oxygens (including phenoxy) is 1. The van der Waals surface area contributed by atoms with Crippen molar-refractivity contribution < 1.29 is 4.74 Å². The minimum atomic E-state index is 0.171. The summed E-state index contributed by atoms with van der Waals surface area (Å²) in [5.41, 5.74) is 1.68. The Balaban J connectivity index is 2.02. The molecule has 0 saturated carbocycles. The molecule has 1 unspecified atom stereocenters. The molecule has 112 valence electrons. The lowest BCUT2D eigenvalue weighted by atomic mass is 10.1. The predicted octanol–water partition coefficient (Wildman–Crippen LogP) is 4.37. The van der Waals surface area contributed by atoms with Crippen LogP contribution >= 0.6 is 23.2 Å². The molecule has 1 aliphatic rings. The quantitative estimate of drug-likeness (QED) is 0.890. The molecule has 2 aromatic rings. The number of halogens is 2. The molecule has 21 heavy (non-hydrogen) atoms. The van der Waals surface area contributed by atoms with Gasteiger partial charge in [-0.05, 0) is 57.5 Å². The average molecular weight is 325 g/mol. The number of nitrogens with one attached hydrogen (secondary N) is 1. The van der Waals surface area contributed by atoms with E-state index in [2.05, 4.69) is 10.3 Å². The van der Waals surface area contributed by atoms with Gasteiger partial charge >= 0.3 is 0 Å². The molecule has 5 heteroatoms. The first-order valence-electron chi connectivity index (χ1n) is 7.28. The number of benzene rings is 1. The molecule has 1 aromatic carbocycles. The smallest absolute Gasteiger partial charge is 0.164 e. The topological polar surface area (TPSA) is 34.1 Å². The SMILES string of the molecule is Cc1ccc2c(Cl)cc(Cl)c(OC3CCCNCC3)c2n1. The summed E-state index contributed by atoms with van der Waals surface area (Å²) in [5.74, 6) is 0.659. The van der Waals surface area contributed by atoms with E-state index in [1.807, 2.05) is 19.1 Å². The van der Waals surface area contributed by atoms with Gasteiger partial charge in [-0.3, -0.25) is 0 Å². The highest BCUT2D eigenvalue weighted by atomic mass is 35.5. The standard InChI is InChI=1S/C16H18Cl2N2O/c1-10-4-5-12-13(17)9-14(18)16(15(12)20-10)21-11-3-2-7-19-8-6-11/h4-5,9,11,19H,2-3,6-8H2,1H3. The largest absolute Gasteiger partial charge is 0.487 e. The molecule has 3 nitrogen and oxygen atoms in total. The number of aryl methyl sites for hydroxylation is 1. The minimum absolute atomic E-state index is 0.171. The van der Waals surface area contributed by atoms with E-state index >= 15 is 0 Å². The summed E-state index contributed by atoms with van der Waals surface area (Å²) >= 11 is 12.6. The maximum atomic E-state index is 6.36. The van der Waals surface area contributed by atoms with Gasteiger partial charge in [0.1, 0.15) is 11.6 Å². The van der Waals surface area contributed by atoms with Gasteiger partial charge in [-0.25, -0.2) is 4.98 Å². The van der Waals surface area contributed by atoms with Crippen molar-refractivity contribution in [2.45, 2.75) is 32.3 Å². The molecule has 1 atom stereocenters. The Labute approximate surface area is 134 Å². The molecule has 1 aliphatic heterocycles. The Bertz CT molecular complexity index is 652. The monoisotopic (exact) mass is 324 g/mol. The molecular formula is C16H18Cl2N2O. The molecule has 1 saturated heterocycles. The maximum absolute atomic E-state index is 6.36. The van der Waals surface area contributed by atoms with Crippen LogP contribution in [0.2, 0.25) is 10.0 Å². The fourth-order valence-electron chi connectivity index (χ4n) is 2.67. The van der Waals surface area contributed by atoms with E-state index in [-0.39, 0.29) is 6.10 Å². The van der Waals surface area contributed by atoms with Crippen molar-refractivity contribution in [2.24, 2.45) is 0 Å². The summed E-state index contributed by atoms with van der Waals surface area (Å²) in [5, 5.41) is 5.41. The zero-order chi connectivity index (χ0) is 14.8. The van der Waals surface area contributed by atoms with Crippen molar-refractivity contribution >= 4 is 34.1 Å². The Morgan fingerprint density at radius 1 is 1.19 bits per heavy atom. The number of pyridine rings is 1. The molecule has 3 rings (SSSR count). The third-order valence-corrected chi connectivity index (χ3v) is 4.38. The Hall–Kier alpha value is -1.03. The molecule has 1 N–H and O–H groups in total. The van der Waals surface area contributed by atoms with Crippen LogP contribution in [0.25, 0.3) is 10.9 Å². The van der Waals surface area contributed by atoms with Crippen LogP contribution in [0.15, 0.2) is 18.2 Å². The van der Waals surface area contributed by atoms with Crippen molar-refractivity contribution in [1.82, 2.24) is 10.3 Å². The van der Waals surface area contributed by atoms with E-state index in [1.165, 1.54) is 0 Å². The van der Waals surface area contributed by atoms with Crippen LogP contribution < -0.4 is 10.1 Å². The lowest BCUT2D eigenvalue weighted by Crippen LogP contribution is -2.19. The second kappa shape index (κ2) is 6.39. The highest BCUT2D eigenvalue weighted by Gasteiger charge is 2.19. The molecule has 2 heterocycles. The van der Waals surface area contributed by atoms with Gasteiger partial charge in [-0.15, -0.1) is 0 Å². The van der Waals surface area contributed by atoms with Crippen LogP contribution in [-0.4, -0.2) is 24.2 Å². The van der Waals surface area contributed by atoms with Gasteiger partial charge in [0.05, 0.1) is 10.0 Å². The van der Waals surface area contributed by atoms with E-state index in [1.54, 1.807) is 6.07 Å². The van der Waals surface area contributed by atoms with Crippen LogP contribution in [0.5, 0.6) is 5.75 Å². The van der Waals surface area contributed by atoms with Gasteiger partial charge in [0.15, 0.2) is 5.75 Å². The number of aromatic nitrogens is 1. The summed E-state index contributed by atoms with van der Waals surface area (Å²) in [4.78, 5) is 4.58. The van der Waals surface area contributed by atoms with Crippen molar-refractivity contribution in [3.8, 4) is 5.75 Å². The first-order valence-corrected chi connectivity index (χ1v) is 8.03. The van der Waals surface area contributed by atoms with Crippen molar-refractivity contribution in [1.29, 1.82) is 0 Å². The number of nitrogens with zero attached hydrogens (tertiary/aromatic N) is 1. The fourth-order valence-corrected chi connectivity index (χ4v) is 3.23. The van der Waals surface area contributed by atoms with E-state index in [0.29, 0.717) is 15.8 Å². The first-order chi connectivity index (χ1) is 10.1.